The maximum absolute atomic E-state index is 2.57. The summed E-state index contributed by atoms with van der Waals surface area (Å²) in [6, 6.07) is 102. The molecule has 70 heavy (non-hydrogen) atoms. The molecule has 2 aromatic heterocycles. The lowest BCUT2D eigenvalue weighted by atomic mass is 9.87. The summed E-state index contributed by atoms with van der Waals surface area (Å²) < 4.78 is 5.03. The van der Waals surface area contributed by atoms with Gasteiger partial charge in [0.25, 0.3) is 0 Å². The monoisotopic (exact) mass is 910 g/mol. The molecule has 2 heterocycles. The third-order valence-corrected chi connectivity index (χ3v) is 18.6. The van der Waals surface area contributed by atoms with Gasteiger partial charge in [0.05, 0.1) is 27.8 Å². The van der Waals surface area contributed by atoms with Crippen LogP contribution in [0, 0.1) is 0 Å². The molecule has 1 aliphatic carbocycles. The maximum Gasteiger partial charge on any atom is 0.0552 e. The van der Waals surface area contributed by atoms with Gasteiger partial charge in [-0.15, -0.1) is 10.0 Å². The number of rotatable bonds is 8. The lowest BCUT2D eigenvalue weighted by Gasteiger charge is -2.42. The number of hydrogen-bond donors (Lipinski definition) is 0. The number of fused-ring (bicyclic) bond motifs is 9. The summed E-state index contributed by atoms with van der Waals surface area (Å²) in [5.74, 6) is 0.0912. The molecule has 13 aromatic rings. The van der Waals surface area contributed by atoms with Gasteiger partial charge in [-0.2, -0.15) is 0 Å². The van der Waals surface area contributed by atoms with Crippen molar-refractivity contribution < 1.29 is 0 Å². The Morgan fingerprint density at radius 2 is 0.843 bits per heavy atom. The van der Waals surface area contributed by atoms with Crippen molar-refractivity contribution >= 4 is 53.6 Å². The zero-order chi connectivity index (χ0) is 46.2. The van der Waals surface area contributed by atoms with Gasteiger partial charge in [0.15, 0.2) is 0 Å². The van der Waals surface area contributed by atoms with E-state index in [2.05, 4.69) is 282 Å². The lowest BCUT2D eigenvalue weighted by Crippen LogP contribution is -2.07. The largest absolute Gasteiger partial charge is 0.309 e. The minimum absolute atomic E-state index is 0.0912. The van der Waals surface area contributed by atoms with Crippen LogP contribution in [0.25, 0.3) is 77.2 Å². The summed E-state index contributed by atoms with van der Waals surface area (Å²) in [5.41, 5.74) is 16.2. The molecule has 14 rings (SSSR count). The fourth-order valence-corrected chi connectivity index (χ4v) is 16.0. The number of nitrogens with zero attached hydrogens (tertiary/aromatic N) is 2. The molecule has 0 fully saturated rings. The zero-order valence-electron chi connectivity index (χ0n) is 38.4. The Kier molecular flexibility index (Phi) is 9.40. The highest BCUT2D eigenvalue weighted by atomic mass is 32.3. The first kappa shape index (κ1) is 40.4. The Balaban J connectivity index is 1.05. The third-order valence-electron chi connectivity index (χ3n) is 14.7. The van der Waals surface area contributed by atoms with Crippen molar-refractivity contribution in [3.63, 3.8) is 0 Å². The minimum atomic E-state index is -2.18. The van der Waals surface area contributed by atoms with Crippen LogP contribution < -0.4 is 0 Å². The summed E-state index contributed by atoms with van der Waals surface area (Å²) in [6.45, 7) is 0. The van der Waals surface area contributed by atoms with Crippen LogP contribution in [0.2, 0.25) is 0 Å². The Hall–Kier alpha value is -8.63. The van der Waals surface area contributed by atoms with Gasteiger partial charge in [-0.3, -0.25) is 0 Å². The molecule has 0 saturated carbocycles. The summed E-state index contributed by atoms with van der Waals surface area (Å²) >= 11 is 0. The van der Waals surface area contributed by atoms with Gasteiger partial charge in [0.2, 0.25) is 0 Å². The predicted octanol–water partition coefficient (Wildman–Crippen LogP) is 18.0. The van der Waals surface area contributed by atoms with Crippen molar-refractivity contribution in [1.29, 1.82) is 0 Å². The fourth-order valence-electron chi connectivity index (χ4n) is 11.9. The van der Waals surface area contributed by atoms with Gasteiger partial charge >= 0.3 is 0 Å². The SMILES string of the molecule is c1ccc(-c2cccc(C3c4ccccc4-c4c3cccc4-n3c4ccccc4c4c(S(c5ccccc5)(c5ccccc5)c5cccc(-n6c7ccccc7c7ccccc76)c5)cccc43)c2)cc1. The van der Waals surface area contributed by atoms with Crippen molar-refractivity contribution in [1.82, 2.24) is 9.13 Å². The number of aromatic nitrogens is 2. The van der Waals surface area contributed by atoms with E-state index in [-0.39, 0.29) is 5.92 Å². The van der Waals surface area contributed by atoms with Gasteiger partial charge < -0.3 is 9.13 Å². The molecule has 0 saturated heterocycles. The molecule has 0 radical (unpaired) electrons. The van der Waals surface area contributed by atoms with Crippen molar-refractivity contribution in [2.24, 2.45) is 0 Å². The van der Waals surface area contributed by atoms with Crippen LogP contribution in [0.3, 0.4) is 0 Å². The van der Waals surface area contributed by atoms with Crippen LogP contribution in [0.15, 0.2) is 293 Å². The molecular weight excluding hydrogens is 865 g/mol. The molecule has 0 aliphatic heterocycles. The van der Waals surface area contributed by atoms with Gasteiger partial charge in [-0.25, -0.2) is 0 Å². The van der Waals surface area contributed by atoms with Crippen LogP contribution in [-0.2, 0) is 0 Å². The first-order valence-corrected chi connectivity index (χ1v) is 25.8. The zero-order valence-corrected chi connectivity index (χ0v) is 39.2. The topological polar surface area (TPSA) is 9.86 Å². The second-order valence-corrected chi connectivity index (χ2v) is 21.4. The normalized spacial score (nSPS) is 13.5. The first-order valence-electron chi connectivity index (χ1n) is 24.2. The highest BCUT2D eigenvalue weighted by molar-refractivity contribution is 8.34. The molecule has 3 heteroatoms. The molecule has 1 unspecified atom stereocenters. The summed E-state index contributed by atoms with van der Waals surface area (Å²) in [6.07, 6.45) is 0. The van der Waals surface area contributed by atoms with E-state index in [0.717, 1.165) is 5.69 Å². The summed E-state index contributed by atoms with van der Waals surface area (Å²) in [7, 11) is -2.18. The smallest absolute Gasteiger partial charge is 0.0552 e. The third kappa shape index (κ3) is 6.02. The Bertz CT molecular complexity index is 4040. The average Bonchev–Trinajstić information content (AvgIpc) is 4.09. The molecule has 0 spiro atoms. The van der Waals surface area contributed by atoms with Crippen molar-refractivity contribution in [3.8, 4) is 33.6 Å². The van der Waals surface area contributed by atoms with E-state index < -0.39 is 10.0 Å². The quantitative estimate of drug-likeness (QED) is 0.144. The highest BCUT2D eigenvalue weighted by Crippen LogP contribution is 2.75. The van der Waals surface area contributed by atoms with Gasteiger partial charge in [0.1, 0.15) is 0 Å². The van der Waals surface area contributed by atoms with Crippen LogP contribution in [-0.4, -0.2) is 9.13 Å². The van der Waals surface area contributed by atoms with E-state index in [9.17, 15) is 0 Å². The minimum Gasteiger partial charge on any atom is -0.309 e. The Morgan fingerprint density at radius 3 is 1.56 bits per heavy atom. The first-order chi connectivity index (χ1) is 34.8. The van der Waals surface area contributed by atoms with Gasteiger partial charge in [-0.1, -0.05) is 194 Å². The number of benzene rings is 11. The molecule has 0 N–H and O–H groups in total. The Morgan fingerprint density at radius 1 is 0.329 bits per heavy atom. The van der Waals surface area contributed by atoms with E-state index in [1.54, 1.807) is 0 Å². The molecule has 2 nitrogen and oxygen atoms in total. The average molecular weight is 911 g/mol. The van der Waals surface area contributed by atoms with Crippen molar-refractivity contribution in [3.05, 3.63) is 290 Å². The van der Waals surface area contributed by atoms with Gasteiger partial charge in [0, 0.05) is 58.3 Å². The van der Waals surface area contributed by atoms with E-state index >= 15 is 0 Å². The Labute approximate surface area is 409 Å². The van der Waals surface area contributed by atoms with Crippen LogP contribution in [0.1, 0.15) is 22.6 Å². The van der Waals surface area contributed by atoms with Gasteiger partial charge in [-0.05, 0) is 112 Å². The van der Waals surface area contributed by atoms with Crippen LogP contribution in [0.4, 0.5) is 0 Å². The van der Waals surface area contributed by atoms with Crippen LogP contribution in [0.5, 0.6) is 0 Å². The predicted molar refractivity (Wildman–Crippen MR) is 293 cm³/mol. The molecular formula is C67H46N2S. The summed E-state index contributed by atoms with van der Waals surface area (Å²) in [5, 5.41) is 5.03. The number of hydrogen-bond acceptors (Lipinski definition) is 0. The van der Waals surface area contributed by atoms with E-state index in [4.69, 9.17) is 0 Å². The molecule has 0 bridgehead atoms. The highest BCUT2D eigenvalue weighted by Gasteiger charge is 2.38. The van der Waals surface area contributed by atoms with Crippen LogP contribution >= 0.6 is 10.0 Å². The summed E-state index contributed by atoms with van der Waals surface area (Å²) in [4.78, 5) is 5.18. The van der Waals surface area contributed by atoms with E-state index in [1.807, 2.05) is 0 Å². The van der Waals surface area contributed by atoms with Crippen molar-refractivity contribution in [2.75, 3.05) is 0 Å². The van der Waals surface area contributed by atoms with E-state index in [0.29, 0.717) is 0 Å². The molecule has 330 valence electrons. The molecule has 1 aliphatic rings. The molecule has 1 atom stereocenters. The second-order valence-electron chi connectivity index (χ2n) is 18.4. The number of para-hydroxylation sites is 3. The maximum atomic E-state index is 2.57. The molecule has 11 aromatic carbocycles. The second kappa shape index (κ2) is 16.3. The molecule has 0 amide bonds. The standard InChI is InChI=1S/C67H46N2S/c1-4-22-46(23-5-1)47-24-18-25-48(44-47)65-55-34-10-11-35-56(55)66-58(65)37-20-41-62(66)69-61-40-17-14-36-57(61)67-63(69)42-21-43-64(67)70(50-27-6-2-7-28-50,51-29-8-3-9-30-51)52-31-19-26-49(45-52)68-59-38-15-12-32-53(59)54-33-13-16-39-60(54)68/h1-45,65H. The fraction of sp³-hybridized carbons (Fsp3) is 0.0149. The van der Waals surface area contributed by atoms with Crippen molar-refractivity contribution in [2.45, 2.75) is 25.5 Å². The van der Waals surface area contributed by atoms with E-state index in [1.165, 1.54) is 108 Å². The lowest BCUT2D eigenvalue weighted by molar-refractivity contribution is 1.01.